The summed E-state index contributed by atoms with van der Waals surface area (Å²) in [6.45, 7) is 25.8. The van der Waals surface area contributed by atoms with Crippen LogP contribution in [0, 0.1) is 13.8 Å². The molecule has 4 heteroatoms. The molecule has 0 bridgehead atoms. The minimum Gasteiger partial charge on any atom is -0.311 e. The molecule has 0 N–H and O–H groups in total. The number of anilines is 9. The van der Waals surface area contributed by atoms with E-state index >= 15 is 0 Å². The Kier molecular flexibility index (Phi) is 10.2. The maximum absolute atomic E-state index is 9.39. The molecule has 74 heavy (non-hydrogen) atoms. The van der Waals surface area contributed by atoms with E-state index in [9.17, 15) is 4.11 Å². The van der Waals surface area contributed by atoms with Gasteiger partial charge in [0.15, 0.2) is 0 Å². The first-order chi connectivity index (χ1) is 36.3. The first-order valence-corrected chi connectivity index (χ1v) is 27.2. The largest absolute Gasteiger partial charge is 0.311 e. The van der Waals surface area contributed by atoms with Crippen LogP contribution in [0.15, 0.2) is 164 Å². The SMILES string of the molecule is [2H]C([2H])([2H])c1cc2c3c(c1)N(c1ccc(C(C)(C)C)cc1-c1ccccc1)c1cc4c(cc1B3c1ccc(N(c3ccccc3)c3ccccc3)cc1N2c1cc2c(cc1C)C(C)(C)CCC2(C)C)C(C)(C)CCC4(C)C. The van der Waals surface area contributed by atoms with Gasteiger partial charge in [0.05, 0.1) is 5.69 Å². The minimum absolute atomic E-state index is 0.00309. The number of hydrogen-bond donors (Lipinski definition) is 0. The van der Waals surface area contributed by atoms with E-state index in [1.54, 1.807) is 0 Å². The van der Waals surface area contributed by atoms with E-state index in [4.69, 9.17) is 0 Å². The van der Waals surface area contributed by atoms with Gasteiger partial charge in [-0.25, -0.2) is 0 Å². The lowest BCUT2D eigenvalue weighted by Gasteiger charge is -2.48. The summed E-state index contributed by atoms with van der Waals surface area (Å²) in [5.41, 5.74) is 22.9. The van der Waals surface area contributed by atoms with Gasteiger partial charge in [-0.3, -0.25) is 0 Å². The van der Waals surface area contributed by atoms with E-state index in [0.29, 0.717) is 5.56 Å². The topological polar surface area (TPSA) is 9.72 Å². The van der Waals surface area contributed by atoms with Gasteiger partial charge in [0, 0.05) is 55.2 Å². The lowest BCUT2D eigenvalue weighted by Crippen LogP contribution is -2.62. The molecule has 0 atom stereocenters. The molecule has 8 aromatic carbocycles. The normalized spacial score (nSPS) is 18.2. The molecule has 2 heterocycles. The Bertz CT molecular complexity index is 3600. The van der Waals surface area contributed by atoms with E-state index < -0.39 is 6.85 Å². The van der Waals surface area contributed by atoms with Crippen LogP contribution in [-0.2, 0) is 27.1 Å². The van der Waals surface area contributed by atoms with Crippen molar-refractivity contribution >= 4 is 74.3 Å². The molecule has 0 unspecified atom stereocenters. The van der Waals surface area contributed by atoms with E-state index in [2.05, 4.69) is 249 Å². The summed E-state index contributed by atoms with van der Waals surface area (Å²) in [5.74, 6) is 0. The van der Waals surface area contributed by atoms with Crippen molar-refractivity contribution in [2.24, 2.45) is 0 Å². The second-order valence-electron chi connectivity index (χ2n) is 25.8. The van der Waals surface area contributed by atoms with Crippen LogP contribution in [0.3, 0.4) is 0 Å². The fourth-order valence-electron chi connectivity index (χ4n) is 13.3. The zero-order valence-corrected chi connectivity index (χ0v) is 45.8. The summed E-state index contributed by atoms with van der Waals surface area (Å²) in [6.07, 6.45) is 4.35. The molecule has 0 aromatic heterocycles. The van der Waals surface area contributed by atoms with Crippen molar-refractivity contribution in [1.29, 1.82) is 0 Å². The van der Waals surface area contributed by atoms with Crippen LogP contribution in [0.4, 0.5) is 51.2 Å². The Hall–Kier alpha value is -6.78. The molecule has 372 valence electrons. The predicted octanol–water partition coefficient (Wildman–Crippen LogP) is 17.5. The molecule has 4 aliphatic rings. The molecule has 0 fully saturated rings. The highest BCUT2D eigenvalue weighted by molar-refractivity contribution is 7.00. The Labute approximate surface area is 447 Å². The van der Waals surface area contributed by atoms with E-state index in [1.807, 2.05) is 12.1 Å². The van der Waals surface area contributed by atoms with Crippen molar-refractivity contribution in [3.8, 4) is 11.1 Å². The average molecular weight is 971 g/mol. The summed E-state index contributed by atoms with van der Waals surface area (Å²) >= 11 is 0. The van der Waals surface area contributed by atoms with Crippen molar-refractivity contribution in [1.82, 2.24) is 0 Å². The van der Waals surface area contributed by atoms with Gasteiger partial charge in [0.1, 0.15) is 0 Å². The van der Waals surface area contributed by atoms with Gasteiger partial charge in [-0.1, -0.05) is 167 Å². The van der Waals surface area contributed by atoms with E-state index in [-0.39, 0.29) is 33.8 Å². The van der Waals surface area contributed by atoms with Crippen LogP contribution in [-0.4, -0.2) is 6.71 Å². The van der Waals surface area contributed by atoms with Crippen molar-refractivity contribution in [3.05, 3.63) is 203 Å². The number of nitrogens with zero attached hydrogens (tertiary/aromatic N) is 3. The number of benzene rings is 8. The van der Waals surface area contributed by atoms with Crippen molar-refractivity contribution in [2.75, 3.05) is 14.7 Å². The fourth-order valence-corrected chi connectivity index (χ4v) is 13.3. The lowest BCUT2D eigenvalue weighted by atomic mass is 9.33. The Morgan fingerprint density at radius 2 is 0.946 bits per heavy atom. The third kappa shape index (κ3) is 7.68. The molecule has 3 nitrogen and oxygen atoms in total. The molecule has 0 saturated carbocycles. The summed E-state index contributed by atoms with van der Waals surface area (Å²) in [4.78, 5) is 7.30. The van der Waals surface area contributed by atoms with Crippen LogP contribution in [0.2, 0.25) is 0 Å². The van der Waals surface area contributed by atoms with Crippen LogP contribution in [0.1, 0.15) is 145 Å². The molecule has 2 aliphatic heterocycles. The number of fused-ring (bicyclic) bond motifs is 6. The summed E-state index contributed by atoms with van der Waals surface area (Å²) in [5, 5.41) is 0. The number of aryl methyl sites for hydroxylation is 2. The van der Waals surface area contributed by atoms with Crippen LogP contribution in [0.25, 0.3) is 11.1 Å². The second kappa shape index (κ2) is 16.9. The van der Waals surface area contributed by atoms with Crippen molar-refractivity contribution in [3.63, 3.8) is 0 Å². The van der Waals surface area contributed by atoms with E-state index in [1.165, 1.54) is 38.7 Å². The Morgan fingerprint density at radius 3 is 1.49 bits per heavy atom. The standard InChI is InChI=1S/C70H74BN3/c1-45-37-63-65-64(38-45)74(60-43-55-53(39-46(60)2)67(6,7)33-35-69(55,10)11)61-41-51(72(49-25-19-15-20-26-49)50-27-21-16-22-28-50)30-31-57(61)71(65)58-42-54-56(70(12,13)36-34-68(54,8)9)44-62(58)73(63)59-32-29-48(66(3,4)5)40-52(59)47-23-17-14-18-24-47/h14-32,37-44H,33-36H2,1-13H3/i1D3. The smallest absolute Gasteiger partial charge is 0.252 e. The van der Waals surface area contributed by atoms with Gasteiger partial charge in [0.25, 0.3) is 6.71 Å². The Balaban J connectivity index is 1.24. The number of para-hydroxylation sites is 2. The summed E-state index contributed by atoms with van der Waals surface area (Å²) in [6, 6.07) is 60.3. The van der Waals surface area contributed by atoms with Gasteiger partial charge in [0.2, 0.25) is 0 Å². The average Bonchev–Trinajstić information content (AvgIpc) is 3.59. The summed E-state index contributed by atoms with van der Waals surface area (Å²) in [7, 11) is 0. The highest BCUT2D eigenvalue weighted by Gasteiger charge is 2.48. The third-order valence-corrected chi connectivity index (χ3v) is 17.9. The van der Waals surface area contributed by atoms with E-state index in [0.717, 1.165) is 99.0 Å². The van der Waals surface area contributed by atoms with Crippen LogP contribution >= 0.6 is 0 Å². The van der Waals surface area contributed by atoms with Gasteiger partial charge in [-0.2, -0.15) is 0 Å². The van der Waals surface area contributed by atoms with Crippen LogP contribution < -0.4 is 31.1 Å². The van der Waals surface area contributed by atoms with Gasteiger partial charge < -0.3 is 14.7 Å². The molecule has 2 aliphatic carbocycles. The van der Waals surface area contributed by atoms with Crippen molar-refractivity contribution < 1.29 is 4.11 Å². The highest BCUT2D eigenvalue weighted by atomic mass is 15.2. The van der Waals surface area contributed by atoms with Gasteiger partial charge in [-0.05, 0) is 200 Å². The lowest BCUT2D eigenvalue weighted by molar-refractivity contribution is 0.332. The first-order valence-electron chi connectivity index (χ1n) is 28.7. The van der Waals surface area contributed by atoms with Gasteiger partial charge >= 0.3 is 0 Å². The highest BCUT2D eigenvalue weighted by Crippen LogP contribution is 2.54. The predicted molar refractivity (Wildman–Crippen MR) is 319 cm³/mol. The molecule has 0 spiro atoms. The first kappa shape index (κ1) is 44.7. The zero-order valence-electron chi connectivity index (χ0n) is 48.8. The maximum Gasteiger partial charge on any atom is 0.252 e. The van der Waals surface area contributed by atoms with Crippen molar-refractivity contribution in [2.45, 2.75) is 143 Å². The fraction of sp³-hybridized carbons (Fsp3) is 0.314. The molecule has 0 amide bonds. The van der Waals surface area contributed by atoms with Gasteiger partial charge in [-0.15, -0.1) is 0 Å². The third-order valence-electron chi connectivity index (χ3n) is 17.9. The molecule has 12 rings (SSSR count). The summed E-state index contributed by atoms with van der Waals surface area (Å²) < 4.78 is 28.2. The zero-order chi connectivity index (χ0) is 54.4. The second-order valence-corrected chi connectivity index (χ2v) is 25.8. The molecular weight excluding hydrogens is 894 g/mol. The quantitative estimate of drug-likeness (QED) is 0.154. The monoisotopic (exact) mass is 971 g/mol. The number of rotatable bonds is 6. The van der Waals surface area contributed by atoms with Crippen LogP contribution in [0.5, 0.6) is 0 Å². The molecule has 0 radical (unpaired) electrons. The molecular formula is C70H74BN3. The molecule has 8 aromatic rings. The molecule has 0 saturated heterocycles. The minimum atomic E-state index is -2.42. The Morgan fingerprint density at radius 1 is 0.459 bits per heavy atom. The number of hydrogen-bond acceptors (Lipinski definition) is 3. The maximum atomic E-state index is 9.39.